The minimum Gasteiger partial charge on any atom is -0.338 e. The van der Waals surface area contributed by atoms with Gasteiger partial charge in [-0.15, -0.1) is 11.3 Å². The molecule has 2 aliphatic heterocycles. The summed E-state index contributed by atoms with van der Waals surface area (Å²) in [6.07, 6.45) is 3.41. The van der Waals surface area contributed by atoms with Crippen molar-refractivity contribution in [2.24, 2.45) is 11.7 Å². The van der Waals surface area contributed by atoms with Gasteiger partial charge in [-0.1, -0.05) is 0 Å². The second kappa shape index (κ2) is 7.11. The number of aryl methyl sites for hydroxylation is 1. The third-order valence-electron chi connectivity index (χ3n) is 4.98. The van der Waals surface area contributed by atoms with Gasteiger partial charge < -0.3 is 10.6 Å². The molecule has 2 atom stereocenters. The summed E-state index contributed by atoms with van der Waals surface area (Å²) in [4.78, 5) is 15.7. The Morgan fingerprint density at radius 1 is 1.29 bits per heavy atom. The van der Waals surface area contributed by atoms with Gasteiger partial charge in [0.2, 0.25) is 5.91 Å². The van der Waals surface area contributed by atoms with E-state index in [1.807, 2.05) is 17.9 Å². The van der Waals surface area contributed by atoms with E-state index in [1.165, 1.54) is 15.6 Å². The molecule has 6 nitrogen and oxygen atoms in total. The lowest BCUT2D eigenvalue weighted by molar-refractivity contribution is -0.137. The molecule has 0 saturated carbocycles. The van der Waals surface area contributed by atoms with Crippen molar-refractivity contribution in [2.75, 3.05) is 26.2 Å². The molecule has 24 heavy (non-hydrogen) atoms. The van der Waals surface area contributed by atoms with Crippen LogP contribution in [0.15, 0.2) is 16.3 Å². The molecule has 0 radical (unpaired) electrons. The number of hydrogen-bond acceptors (Lipinski definition) is 5. The smallest absolute Gasteiger partial charge is 0.252 e. The maximum atomic E-state index is 12.8. The molecule has 3 heterocycles. The molecule has 0 spiro atoms. The van der Waals surface area contributed by atoms with Crippen LogP contribution in [-0.2, 0) is 14.8 Å². The van der Waals surface area contributed by atoms with Gasteiger partial charge in [0.15, 0.2) is 0 Å². The zero-order valence-electron chi connectivity index (χ0n) is 14.0. The monoisotopic (exact) mass is 371 g/mol. The molecular weight excluding hydrogens is 346 g/mol. The van der Waals surface area contributed by atoms with E-state index in [1.54, 1.807) is 6.07 Å². The molecule has 2 fully saturated rings. The number of amides is 1. The fraction of sp³-hybridized carbons (Fsp3) is 0.688. The zero-order valence-corrected chi connectivity index (χ0v) is 15.6. The van der Waals surface area contributed by atoms with E-state index in [9.17, 15) is 13.2 Å². The maximum Gasteiger partial charge on any atom is 0.252 e. The minimum atomic E-state index is -3.49. The molecule has 2 N–H and O–H groups in total. The molecule has 1 aromatic rings. The van der Waals surface area contributed by atoms with Crippen molar-refractivity contribution in [2.45, 2.75) is 42.9 Å². The molecule has 134 valence electrons. The van der Waals surface area contributed by atoms with Crippen molar-refractivity contribution >= 4 is 27.3 Å². The highest BCUT2D eigenvalue weighted by Gasteiger charge is 2.38. The van der Waals surface area contributed by atoms with Gasteiger partial charge in [0.1, 0.15) is 4.21 Å². The summed E-state index contributed by atoms with van der Waals surface area (Å²) < 4.78 is 27.5. The zero-order chi connectivity index (χ0) is 17.3. The van der Waals surface area contributed by atoms with Crippen LogP contribution in [0.3, 0.4) is 0 Å². The van der Waals surface area contributed by atoms with Gasteiger partial charge in [0.25, 0.3) is 10.0 Å². The van der Waals surface area contributed by atoms with E-state index in [4.69, 9.17) is 5.73 Å². The third-order valence-corrected chi connectivity index (χ3v) is 8.31. The number of rotatable bonds is 4. The van der Waals surface area contributed by atoms with Crippen LogP contribution in [0.5, 0.6) is 0 Å². The lowest BCUT2D eigenvalue weighted by Crippen LogP contribution is -2.49. The fourth-order valence-corrected chi connectivity index (χ4v) is 6.61. The van der Waals surface area contributed by atoms with E-state index < -0.39 is 10.0 Å². The van der Waals surface area contributed by atoms with Crippen LogP contribution in [0.1, 0.15) is 30.6 Å². The van der Waals surface area contributed by atoms with Crippen LogP contribution in [-0.4, -0.2) is 55.8 Å². The van der Waals surface area contributed by atoms with Gasteiger partial charge >= 0.3 is 0 Å². The van der Waals surface area contributed by atoms with E-state index in [0.29, 0.717) is 17.3 Å². The Labute approximate surface area is 147 Å². The molecule has 2 saturated heterocycles. The van der Waals surface area contributed by atoms with Gasteiger partial charge in [-0.3, -0.25) is 4.79 Å². The quantitative estimate of drug-likeness (QED) is 0.867. The highest BCUT2D eigenvalue weighted by Crippen LogP contribution is 2.30. The Balaban J connectivity index is 1.73. The second-order valence-electron chi connectivity index (χ2n) is 6.63. The summed E-state index contributed by atoms with van der Waals surface area (Å²) in [5.74, 6) is -0.174. The Bertz CT molecular complexity index is 701. The Hall–Kier alpha value is -0.960. The number of nitrogens with zero attached hydrogens (tertiary/aromatic N) is 2. The molecular formula is C16H25N3O3S2. The summed E-state index contributed by atoms with van der Waals surface area (Å²) in [7, 11) is -3.49. The van der Waals surface area contributed by atoms with Crippen LogP contribution in [0.2, 0.25) is 0 Å². The van der Waals surface area contributed by atoms with Crippen LogP contribution in [0, 0.1) is 12.8 Å². The summed E-state index contributed by atoms with van der Waals surface area (Å²) in [5.41, 5.74) is 5.77. The van der Waals surface area contributed by atoms with Crippen molar-refractivity contribution in [3.8, 4) is 0 Å². The summed E-state index contributed by atoms with van der Waals surface area (Å²) in [5, 5.41) is 0. The van der Waals surface area contributed by atoms with Crippen molar-refractivity contribution < 1.29 is 13.2 Å². The number of carbonyl (C=O) groups is 1. The van der Waals surface area contributed by atoms with Gasteiger partial charge in [0.05, 0.1) is 5.92 Å². The average molecular weight is 372 g/mol. The Morgan fingerprint density at radius 3 is 2.71 bits per heavy atom. The maximum absolute atomic E-state index is 12.8. The van der Waals surface area contributed by atoms with Crippen LogP contribution in [0.4, 0.5) is 0 Å². The third kappa shape index (κ3) is 3.37. The van der Waals surface area contributed by atoms with Crippen molar-refractivity contribution in [3.05, 3.63) is 17.0 Å². The fourth-order valence-electron chi connectivity index (χ4n) is 3.65. The van der Waals surface area contributed by atoms with E-state index in [2.05, 4.69) is 0 Å². The molecule has 8 heteroatoms. The van der Waals surface area contributed by atoms with Gasteiger partial charge in [-0.25, -0.2) is 8.42 Å². The largest absolute Gasteiger partial charge is 0.338 e. The standard InChI is InChI=1S/C16H25N3O3S2/c1-12-6-7-15(23-12)24(21,22)18-8-2-4-13(11-18)16(20)19-9-3-5-14(19)10-17/h6-7,13-14H,2-5,8-11,17H2,1H3. The van der Waals surface area contributed by atoms with E-state index in [-0.39, 0.29) is 24.4 Å². The predicted octanol–water partition coefficient (Wildman–Crippen LogP) is 1.41. The topological polar surface area (TPSA) is 83.7 Å². The molecule has 1 aromatic heterocycles. The Kier molecular flexibility index (Phi) is 5.29. The van der Waals surface area contributed by atoms with Crippen LogP contribution in [0.25, 0.3) is 0 Å². The first-order chi connectivity index (χ1) is 11.4. The Morgan fingerprint density at radius 2 is 2.04 bits per heavy atom. The molecule has 2 aliphatic rings. The van der Waals surface area contributed by atoms with Crippen molar-refractivity contribution in [1.29, 1.82) is 0 Å². The van der Waals surface area contributed by atoms with Crippen LogP contribution < -0.4 is 5.73 Å². The van der Waals surface area contributed by atoms with Gasteiger partial charge in [0, 0.05) is 37.1 Å². The molecule has 0 bridgehead atoms. The summed E-state index contributed by atoms with van der Waals surface area (Å²) >= 11 is 1.29. The molecule has 2 unspecified atom stereocenters. The number of nitrogens with two attached hydrogens (primary N) is 1. The first-order valence-corrected chi connectivity index (χ1v) is 10.8. The van der Waals surface area contributed by atoms with Gasteiger partial charge in [-0.05, 0) is 44.7 Å². The number of thiophene rings is 1. The number of likely N-dealkylation sites (tertiary alicyclic amines) is 1. The first kappa shape index (κ1) is 17.8. The molecule has 3 rings (SSSR count). The summed E-state index contributed by atoms with van der Waals surface area (Å²) in [6, 6.07) is 3.59. The van der Waals surface area contributed by atoms with Gasteiger partial charge in [-0.2, -0.15) is 4.31 Å². The average Bonchev–Trinajstić information content (AvgIpc) is 3.23. The molecule has 0 aromatic carbocycles. The second-order valence-corrected chi connectivity index (χ2v) is 10.1. The number of piperidine rings is 1. The van der Waals surface area contributed by atoms with E-state index >= 15 is 0 Å². The van der Waals surface area contributed by atoms with E-state index in [0.717, 1.165) is 37.1 Å². The molecule has 1 amide bonds. The summed E-state index contributed by atoms with van der Waals surface area (Å²) in [6.45, 7) is 3.89. The lowest BCUT2D eigenvalue weighted by atomic mass is 9.97. The SMILES string of the molecule is Cc1ccc(S(=O)(=O)N2CCCC(C(=O)N3CCCC3CN)C2)s1. The number of carbonyl (C=O) groups excluding carboxylic acids is 1. The molecule has 0 aliphatic carbocycles. The number of sulfonamides is 1. The normalized spacial score (nSPS) is 26.0. The lowest BCUT2D eigenvalue weighted by Gasteiger charge is -2.34. The first-order valence-electron chi connectivity index (χ1n) is 8.50. The van der Waals surface area contributed by atoms with Crippen molar-refractivity contribution in [1.82, 2.24) is 9.21 Å². The minimum absolute atomic E-state index is 0.0743. The highest BCUT2D eigenvalue weighted by molar-refractivity contribution is 7.91. The number of hydrogen-bond donors (Lipinski definition) is 1. The highest BCUT2D eigenvalue weighted by atomic mass is 32.2. The van der Waals surface area contributed by atoms with Crippen molar-refractivity contribution in [3.63, 3.8) is 0 Å². The predicted molar refractivity (Wildman–Crippen MR) is 94.3 cm³/mol. The van der Waals surface area contributed by atoms with Crippen LogP contribution >= 0.6 is 11.3 Å².